The number of nitrogens with one attached hydrogen (secondary N) is 2. The summed E-state index contributed by atoms with van der Waals surface area (Å²) in [6.45, 7) is 4.30. The molecule has 0 aliphatic carbocycles. The molecule has 4 rings (SSSR count). The van der Waals surface area contributed by atoms with Gasteiger partial charge in [-0.1, -0.05) is 0 Å². The molecule has 1 amide bonds. The zero-order valence-corrected chi connectivity index (χ0v) is 16.4. The van der Waals surface area contributed by atoms with Gasteiger partial charge in [-0.05, 0) is 55.6 Å². The van der Waals surface area contributed by atoms with Crippen molar-refractivity contribution in [3.63, 3.8) is 0 Å². The SMILES string of the molecule is CN1CCN(c2ccc(Nc3ccc(NC(=O)c4cccnc4)nc3)cc2)CC1. The number of hydrogen-bond acceptors (Lipinski definition) is 6. The summed E-state index contributed by atoms with van der Waals surface area (Å²) in [5, 5.41) is 6.11. The Morgan fingerprint density at radius 2 is 1.69 bits per heavy atom. The van der Waals surface area contributed by atoms with Gasteiger partial charge in [-0.3, -0.25) is 9.78 Å². The van der Waals surface area contributed by atoms with Gasteiger partial charge in [0.15, 0.2) is 0 Å². The number of benzene rings is 1. The number of carbonyl (C=O) groups excluding carboxylic acids is 1. The van der Waals surface area contributed by atoms with Gasteiger partial charge in [0.1, 0.15) is 5.82 Å². The summed E-state index contributed by atoms with van der Waals surface area (Å²) in [6.07, 6.45) is 4.86. The topological polar surface area (TPSA) is 73.4 Å². The van der Waals surface area contributed by atoms with E-state index >= 15 is 0 Å². The van der Waals surface area contributed by atoms with Crippen LogP contribution in [0, 0.1) is 0 Å². The Morgan fingerprint density at radius 1 is 0.931 bits per heavy atom. The van der Waals surface area contributed by atoms with Crippen LogP contribution in [0.2, 0.25) is 0 Å². The van der Waals surface area contributed by atoms with E-state index in [1.54, 1.807) is 30.6 Å². The molecule has 3 aromatic rings. The summed E-state index contributed by atoms with van der Waals surface area (Å²) in [4.78, 5) is 25.2. The normalized spacial score (nSPS) is 14.4. The average Bonchev–Trinajstić information content (AvgIpc) is 2.77. The third kappa shape index (κ3) is 4.89. The molecule has 0 atom stereocenters. The summed E-state index contributed by atoms with van der Waals surface area (Å²) >= 11 is 0. The molecule has 1 aliphatic heterocycles. The summed E-state index contributed by atoms with van der Waals surface area (Å²) in [5.41, 5.74) is 3.60. The third-order valence-corrected chi connectivity index (χ3v) is 4.95. The number of hydrogen-bond donors (Lipinski definition) is 2. The van der Waals surface area contributed by atoms with Crippen LogP contribution in [0.4, 0.5) is 22.9 Å². The van der Waals surface area contributed by atoms with Gasteiger partial charge < -0.3 is 20.4 Å². The molecule has 0 bridgehead atoms. The van der Waals surface area contributed by atoms with Gasteiger partial charge in [0.25, 0.3) is 5.91 Å². The molecule has 1 fully saturated rings. The van der Waals surface area contributed by atoms with Gasteiger partial charge in [0, 0.05) is 49.9 Å². The van der Waals surface area contributed by atoms with Crippen LogP contribution in [-0.4, -0.2) is 54.0 Å². The molecule has 0 radical (unpaired) electrons. The molecule has 7 nitrogen and oxygen atoms in total. The molecule has 1 aromatic carbocycles. The first-order chi connectivity index (χ1) is 14.2. The van der Waals surface area contributed by atoms with E-state index in [0.29, 0.717) is 11.4 Å². The number of rotatable bonds is 5. The molecule has 0 spiro atoms. The van der Waals surface area contributed by atoms with Crippen molar-refractivity contribution in [2.75, 3.05) is 48.8 Å². The van der Waals surface area contributed by atoms with Crippen LogP contribution in [-0.2, 0) is 0 Å². The van der Waals surface area contributed by atoms with E-state index < -0.39 is 0 Å². The number of amides is 1. The van der Waals surface area contributed by atoms with E-state index in [4.69, 9.17) is 0 Å². The van der Waals surface area contributed by atoms with Gasteiger partial charge >= 0.3 is 0 Å². The van der Waals surface area contributed by atoms with Crippen molar-refractivity contribution in [1.82, 2.24) is 14.9 Å². The smallest absolute Gasteiger partial charge is 0.258 e. The minimum Gasteiger partial charge on any atom is -0.369 e. The number of pyridine rings is 2. The molecule has 1 aliphatic rings. The molecule has 2 N–H and O–H groups in total. The predicted octanol–water partition coefficient (Wildman–Crippen LogP) is 3.22. The first kappa shape index (κ1) is 18.9. The second-order valence-electron chi connectivity index (χ2n) is 7.09. The summed E-state index contributed by atoms with van der Waals surface area (Å²) in [7, 11) is 2.16. The molecule has 0 saturated carbocycles. The lowest BCUT2D eigenvalue weighted by Crippen LogP contribution is -2.44. The van der Waals surface area contributed by atoms with E-state index in [1.807, 2.05) is 6.07 Å². The summed E-state index contributed by atoms with van der Waals surface area (Å²) in [6, 6.07) is 15.5. The van der Waals surface area contributed by atoms with Crippen molar-refractivity contribution >= 4 is 28.8 Å². The highest BCUT2D eigenvalue weighted by Crippen LogP contribution is 2.22. The van der Waals surface area contributed by atoms with E-state index in [1.165, 1.54) is 11.9 Å². The van der Waals surface area contributed by atoms with E-state index in [-0.39, 0.29) is 5.91 Å². The Morgan fingerprint density at radius 3 is 2.34 bits per heavy atom. The molecular weight excluding hydrogens is 364 g/mol. The van der Waals surface area contributed by atoms with Gasteiger partial charge in [-0.2, -0.15) is 0 Å². The number of aromatic nitrogens is 2. The first-order valence-corrected chi connectivity index (χ1v) is 9.65. The minimum atomic E-state index is -0.231. The summed E-state index contributed by atoms with van der Waals surface area (Å²) in [5.74, 6) is 0.264. The lowest BCUT2D eigenvalue weighted by molar-refractivity contribution is 0.102. The fraction of sp³-hybridized carbons (Fsp3) is 0.227. The lowest BCUT2D eigenvalue weighted by Gasteiger charge is -2.34. The largest absolute Gasteiger partial charge is 0.369 e. The Balaban J connectivity index is 1.34. The minimum absolute atomic E-state index is 0.231. The highest BCUT2D eigenvalue weighted by atomic mass is 16.1. The standard InChI is InChI=1S/C22H24N6O/c1-27-11-13-28(14-12-27)20-7-4-18(5-8-20)25-19-6-9-21(24-16-19)26-22(29)17-3-2-10-23-15-17/h2-10,15-16,25H,11-14H2,1H3,(H,24,26,29). The van der Waals surface area contributed by atoms with Gasteiger partial charge in [-0.25, -0.2) is 4.98 Å². The molecular formula is C22H24N6O. The van der Waals surface area contributed by atoms with Crippen LogP contribution in [0.3, 0.4) is 0 Å². The number of anilines is 4. The number of nitrogens with zero attached hydrogens (tertiary/aromatic N) is 4. The van der Waals surface area contributed by atoms with Gasteiger partial charge in [-0.15, -0.1) is 0 Å². The van der Waals surface area contributed by atoms with Crippen molar-refractivity contribution in [1.29, 1.82) is 0 Å². The van der Waals surface area contributed by atoms with Gasteiger partial charge in [0.2, 0.25) is 0 Å². The molecule has 3 heterocycles. The predicted molar refractivity (Wildman–Crippen MR) is 116 cm³/mol. The maximum Gasteiger partial charge on any atom is 0.258 e. The first-order valence-electron chi connectivity index (χ1n) is 9.65. The van der Waals surface area contributed by atoms with Crippen LogP contribution in [0.1, 0.15) is 10.4 Å². The van der Waals surface area contributed by atoms with Crippen molar-refractivity contribution in [3.8, 4) is 0 Å². The quantitative estimate of drug-likeness (QED) is 0.699. The highest BCUT2D eigenvalue weighted by Gasteiger charge is 2.14. The number of carbonyl (C=O) groups is 1. The fourth-order valence-corrected chi connectivity index (χ4v) is 3.21. The second-order valence-corrected chi connectivity index (χ2v) is 7.09. The van der Waals surface area contributed by atoms with Crippen LogP contribution < -0.4 is 15.5 Å². The van der Waals surface area contributed by atoms with Gasteiger partial charge in [0.05, 0.1) is 17.4 Å². The Bertz CT molecular complexity index is 935. The van der Waals surface area contributed by atoms with E-state index in [0.717, 1.165) is 37.6 Å². The zero-order valence-electron chi connectivity index (χ0n) is 16.4. The molecule has 2 aromatic heterocycles. The monoisotopic (exact) mass is 388 g/mol. The van der Waals surface area contributed by atoms with Crippen molar-refractivity contribution < 1.29 is 4.79 Å². The highest BCUT2D eigenvalue weighted by molar-refractivity contribution is 6.03. The van der Waals surface area contributed by atoms with Crippen molar-refractivity contribution in [3.05, 3.63) is 72.7 Å². The third-order valence-electron chi connectivity index (χ3n) is 4.95. The Kier molecular flexibility index (Phi) is 5.67. The summed E-state index contributed by atoms with van der Waals surface area (Å²) < 4.78 is 0. The van der Waals surface area contributed by atoms with Crippen LogP contribution >= 0.6 is 0 Å². The molecule has 0 unspecified atom stereocenters. The van der Waals surface area contributed by atoms with Crippen molar-refractivity contribution in [2.24, 2.45) is 0 Å². The van der Waals surface area contributed by atoms with Crippen molar-refractivity contribution in [2.45, 2.75) is 0 Å². The number of likely N-dealkylation sites (N-methyl/N-ethyl adjacent to an activating group) is 1. The number of piperazine rings is 1. The second kappa shape index (κ2) is 8.70. The maximum atomic E-state index is 12.2. The maximum absolute atomic E-state index is 12.2. The Labute approximate surface area is 170 Å². The average molecular weight is 388 g/mol. The van der Waals surface area contributed by atoms with E-state index in [9.17, 15) is 4.79 Å². The fourth-order valence-electron chi connectivity index (χ4n) is 3.21. The van der Waals surface area contributed by atoms with E-state index in [2.05, 4.69) is 61.7 Å². The van der Waals surface area contributed by atoms with Crippen LogP contribution in [0.15, 0.2) is 67.1 Å². The van der Waals surface area contributed by atoms with Crippen LogP contribution in [0.25, 0.3) is 0 Å². The zero-order chi connectivity index (χ0) is 20.1. The van der Waals surface area contributed by atoms with Crippen LogP contribution in [0.5, 0.6) is 0 Å². The lowest BCUT2D eigenvalue weighted by atomic mass is 10.2. The molecule has 1 saturated heterocycles. The molecule has 29 heavy (non-hydrogen) atoms. The Hall–Kier alpha value is -3.45. The molecule has 148 valence electrons. The molecule has 7 heteroatoms.